The fourth-order valence-corrected chi connectivity index (χ4v) is 1.17. The van der Waals surface area contributed by atoms with Crippen molar-refractivity contribution in [2.45, 2.75) is 0 Å². The molecule has 4 nitrogen and oxygen atoms in total. The maximum atomic E-state index is 11.8. The van der Waals surface area contributed by atoms with Gasteiger partial charge in [-0.05, 0) is 6.08 Å². The van der Waals surface area contributed by atoms with Gasteiger partial charge in [0.05, 0.1) is 0 Å². The minimum Gasteiger partial charge on any atom is -0.445 e. The van der Waals surface area contributed by atoms with E-state index in [1.54, 1.807) is 24.3 Å². The van der Waals surface area contributed by atoms with Gasteiger partial charge in [0.1, 0.15) is 6.61 Å². The van der Waals surface area contributed by atoms with Crippen molar-refractivity contribution in [3.8, 4) is 0 Å². The molecule has 0 aliphatic carbocycles. The molecule has 0 heterocycles. The van der Waals surface area contributed by atoms with Crippen LogP contribution in [0.15, 0.2) is 54.6 Å². The summed E-state index contributed by atoms with van der Waals surface area (Å²) in [6.07, 6.45) is 2.15. The molecule has 0 aliphatic rings. The summed E-state index contributed by atoms with van der Waals surface area (Å²) < 4.78 is 4.48. The van der Waals surface area contributed by atoms with Crippen LogP contribution in [0.4, 0.5) is 4.79 Å². The molecule has 0 fully saturated rings. The summed E-state index contributed by atoms with van der Waals surface area (Å²) in [4.78, 5) is 22.1. The van der Waals surface area contributed by atoms with Gasteiger partial charge in [-0.3, -0.25) is 4.79 Å². The molecule has 1 rings (SSSR count). The van der Waals surface area contributed by atoms with Crippen LogP contribution < -0.4 is 5.73 Å². The number of hydrogen-bond acceptors (Lipinski definition) is 3. The summed E-state index contributed by atoms with van der Waals surface area (Å²) in [6.45, 7) is 3.66. The van der Waals surface area contributed by atoms with E-state index in [9.17, 15) is 9.59 Å². The SMILES string of the molecule is C=C(C=CCOC(N)=O)C(=O)c1ccccc1. The molecule has 88 valence electrons. The summed E-state index contributed by atoms with van der Waals surface area (Å²) in [5.74, 6) is -0.166. The highest BCUT2D eigenvalue weighted by atomic mass is 16.5. The number of carbonyl (C=O) groups is 2. The van der Waals surface area contributed by atoms with Crippen molar-refractivity contribution in [3.63, 3.8) is 0 Å². The number of amides is 1. The Morgan fingerprint density at radius 3 is 2.53 bits per heavy atom. The monoisotopic (exact) mass is 231 g/mol. The van der Waals surface area contributed by atoms with E-state index < -0.39 is 6.09 Å². The van der Waals surface area contributed by atoms with Crippen molar-refractivity contribution in [2.24, 2.45) is 5.73 Å². The lowest BCUT2D eigenvalue weighted by molar-refractivity contribution is 0.103. The third kappa shape index (κ3) is 4.34. The lowest BCUT2D eigenvalue weighted by atomic mass is 10.0. The van der Waals surface area contributed by atoms with Crippen LogP contribution in [0.25, 0.3) is 0 Å². The first-order valence-corrected chi connectivity index (χ1v) is 4.98. The molecule has 0 atom stereocenters. The third-order valence-electron chi connectivity index (χ3n) is 1.97. The molecular weight excluding hydrogens is 218 g/mol. The number of primary amides is 1. The number of ether oxygens (including phenoxy) is 1. The first-order valence-electron chi connectivity index (χ1n) is 4.98. The average molecular weight is 231 g/mol. The zero-order valence-electron chi connectivity index (χ0n) is 9.26. The Morgan fingerprint density at radius 1 is 1.29 bits per heavy atom. The second kappa shape index (κ2) is 6.27. The maximum absolute atomic E-state index is 11.8. The summed E-state index contributed by atoms with van der Waals surface area (Å²) in [5.41, 5.74) is 5.67. The summed E-state index contributed by atoms with van der Waals surface area (Å²) in [5, 5.41) is 0. The highest BCUT2D eigenvalue weighted by Crippen LogP contribution is 2.07. The van der Waals surface area contributed by atoms with Gasteiger partial charge in [-0.25, -0.2) is 4.79 Å². The summed E-state index contributed by atoms with van der Waals surface area (Å²) in [6, 6.07) is 8.81. The zero-order chi connectivity index (χ0) is 12.7. The minimum absolute atomic E-state index is 0.0242. The van der Waals surface area contributed by atoms with Crippen molar-refractivity contribution in [1.29, 1.82) is 0 Å². The Bertz CT molecular complexity index is 449. The normalized spacial score (nSPS) is 10.1. The van der Waals surface area contributed by atoms with Gasteiger partial charge >= 0.3 is 6.09 Å². The average Bonchev–Trinajstić information content (AvgIpc) is 2.34. The van der Waals surface area contributed by atoms with Crippen LogP contribution in [0.1, 0.15) is 10.4 Å². The van der Waals surface area contributed by atoms with Gasteiger partial charge in [0.25, 0.3) is 0 Å². The first-order chi connectivity index (χ1) is 8.11. The van der Waals surface area contributed by atoms with Crippen molar-refractivity contribution in [3.05, 3.63) is 60.2 Å². The van der Waals surface area contributed by atoms with Crippen LogP contribution >= 0.6 is 0 Å². The van der Waals surface area contributed by atoms with Crippen molar-refractivity contribution < 1.29 is 14.3 Å². The lowest BCUT2D eigenvalue weighted by Crippen LogP contribution is -2.12. The topological polar surface area (TPSA) is 69.4 Å². The van der Waals surface area contributed by atoms with Crippen LogP contribution in [-0.2, 0) is 4.74 Å². The van der Waals surface area contributed by atoms with Gasteiger partial charge in [-0.1, -0.05) is 43.0 Å². The van der Waals surface area contributed by atoms with E-state index in [1.807, 2.05) is 6.07 Å². The molecule has 4 heteroatoms. The molecule has 0 aromatic heterocycles. The Labute approximate surface area is 99.4 Å². The number of hydrogen-bond donors (Lipinski definition) is 1. The molecule has 1 amide bonds. The number of carbonyl (C=O) groups excluding carboxylic acids is 2. The molecule has 0 bridgehead atoms. The van der Waals surface area contributed by atoms with E-state index in [1.165, 1.54) is 12.2 Å². The van der Waals surface area contributed by atoms with E-state index >= 15 is 0 Å². The predicted octanol–water partition coefficient (Wildman–Crippen LogP) is 2.08. The third-order valence-corrected chi connectivity index (χ3v) is 1.97. The molecule has 1 aromatic carbocycles. The second-order valence-electron chi connectivity index (χ2n) is 3.25. The summed E-state index contributed by atoms with van der Waals surface area (Å²) in [7, 11) is 0. The quantitative estimate of drug-likeness (QED) is 0.479. The van der Waals surface area contributed by atoms with Gasteiger partial charge in [0.2, 0.25) is 0 Å². The molecule has 0 saturated carbocycles. The lowest BCUT2D eigenvalue weighted by Gasteiger charge is -1.99. The molecule has 1 aromatic rings. The fourth-order valence-electron chi connectivity index (χ4n) is 1.17. The standard InChI is InChI=1S/C13H13NO3/c1-10(6-5-9-17-13(14)16)12(15)11-7-3-2-4-8-11/h2-8H,1,9H2,(H2,14,16). The Hall–Kier alpha value is -2.36. The second-order valence-corrected chi connectivity index (χ2v) is 3.25. The van der Waals surface area contributed by atoms with E-state index in [4.69, 9.17) is 5.73 Å². The Morgan fingerprint density at radius 2 is 1.94 bits per heavy atom. The largest absolute Gasteiger partial charge is 0.445 e. The Balaban J connectivity index is 2.54. The summed E-state index contributed by atoms with van der Waals surface area (Å²) >= 11 is 0. The number of benzene rings is 1. The Kier molecular flexibility index (Phi) is 4.69. The maximum Gasteiger partial charge on any atom is 0.404 e. The van der Waals surface area contributed by atoms with Gasteiger partial charge in [-0.15, -0.1) is 0 Å². The van der Waals surface area contributed by atoms with Gasteiger partial charge in [0.15, 0.2) is 5.78 Å². The van der Waals surface area contributed by atoms with Crippen molar-refractivity contribution >= 4 is 11.9 Å². The van der Waals surface area contributed by atoms with Gasteiger partial charge < -0.3 is 10.5 Å². The number of allylic oxidation sites excluding steroid dienone is 2. The molecule has 0 aliphatic heterocycles. The number of rotatable bonds is 5. The van der Waals surface area contributed by atoms with Crippen LogP contribution in [0.5, 0.6) is 0 Å². The fraction of sp³-hybridized carbons (Fsp3) is 0.0769. The van der Waals surface area contributed by atoms with E-state index in [-0.39, 0.29) is 12.4 Å². The van der Waals surface area contributed by atoms with Crippen LogP contribution in [0, 0.1) is 0 Å². The molecule has 0 saturated heterocycles. The van der Waals surface area contributed by atoms with Crippen LogP contribution in [-0.4, -0.2) is 18.5 Å². The predicted molar refractivity (Wildman–Crippen MR) is 64.6 cm³/mol. The minimum atomic E-state index is -0.852. The van der Waals surface area contributed by atoms with Gasteiger partial charge in [-0.2, -0.15) is 0 Å². The molecular formula is C13H13NO3. The molecule has 2 N–H and O–H groups in total. The smallest absolute Gasteiger partial charge is 0.404 e. The van der Waals surface area contributed by atoms with E-state index in [0.29, 0.717) is 11.1 Å². The molecule has 17 heavy (non-hydrogen) atoms. The number of ketones is 1. The molecule has 0 spiro atoms. The van der Waals surface area contributed by atoms with Crippen LogP contribution in [0.2, 0.25) is 0 Å². The van der Waals surface area contributed by atoms with Crippen molar-refractivity contribution in [1.82, 2.24) is 0 Å². The number of nitrogens with two attached hydrogens (primary N) is 1. The van der Waals surface area contributed by atoms with E-state index in [2.05, 4.69) is 11.3 Å². The first kappa shape index (κ1) is 12.7. The highest BCUT2D eigenvalue weighted by Gasteiger charge is 2.06. The van der Waals surface area contributed by atoms with Crippen molar-refractivity contribution in [2.75, 3.05) is 6.61 Å². The number of Topliss-reactive ketones (excluding diaryl/α,β-unsaturated/α-hetero) is 1. The molecule has 0 radical (unpaired) electrons. The van der Waals surface area contributed by atoms with E-state index in [0.717, 1.165) is 0 Å². The highest BCUT2D eigenvalue weighted by molar-refractivity contribution is 6.10. The van der Waals surface area contributed by atoms with Gasteiger partial charge in [0, 0.05) is 11.1 Å². The molecule has 0 unspecified atom stereocenters. The van der Waals surface area contributed by atoms with Crippen LogP contribution in [0.3, 0.4) is 0 Å². The zero-order valence-corrected chi connectivity index (χ0v) is 9.26.